The molecule has 24 heavy (non-hydrogen) atoms. The average Bonchev–Trinajstić information content (AvgIpc) is 2.81. The molecule has 0 aromatic carbocycles. The SMILES string of the molecule is C[C@H](O)[C@]1(N)CC[C@@H]2[C@H]3CC=C4C[C@@H](O)CC[C@]4(C)[C@@H]3CC[C@]21C. The van der Waals surface area contributed by atoms with Crippen LogP contribution in [-0.2, 0) is 0 Å². The van der Waals surface area contributed by atoms with Crippen molar-refractivity contribution in [3.63, 3.8) is 0 Å². The first-order valence-corrected chi connectivity index (χ1v) is 10.1. The van der Waals surface area contributed by atoms with Crippen molar-refractivity contribution in [2.24, 2.45) is 34.3 Å². The highest BCUT2D eigenvalue weighted by Gasteiger charge is 2.63. The Kier molecular flexibility index (Phi) is 3.77. The van der Waals surface area contributed by atoms with Gasteiger partial charge < -0.3 is 15.9 Å². The maximum atomic E-state index is 10.4. The first-order chi connectivity index (χ1) is 11.2. The number of aliphatic hydroxyl groups excluding tert-OH is 2. The van der Waals surface area contributed by atoms with E-state index in [0.717, 1.165) is 44.4 Å². The van der Waals surface area contributed by atoms with E-state index in [2.05, 4.69) is 19.9 Å². The summed E-state index contributed by atoms with van der Waals surface area (Å²) in [5.41, 5.74) is 8.26. The van der Waals surface area contributed by atoms with Gasteiger partial charge in [-0.05, 0) is 86.9 Å². The zero-order valence-electron chi connectivity index (χ0n) is 15.6. The zero-order valence-corrected chi connectivity index (χ0v) is 15.6. The third-order valence-electron chi connectivity index (χ3n) is 9.15. The topological polar surface area (TPSA) is 66.5 Å². The molecule has 3 nitrogen and oxygen atoms in total. The van der Waals surface area contributed by atoms with Crippen LogP contribution < -0.4 is 5.73 Å². The van der Waals surface area contributed by atoms with E-state index in [4.69, 9.17) is 5.73 Å². The van der Waals surface area contributed by atoms with Crippen molar-refractivity contribution >= 4 is 0 Å². The predicted molar refractivity (Wildman–Crippen MR) is 96.3 cm³/mol. The number of allylic oxidation sites excluding steroid dienone is 1. The molecular weight excluding hydrogens is 298 g/mol. The highest BCUT2D eigenvalue weighted by molar-refractivity contribution is 5.26. The summed E-state index contributed by atoms with van der Waals surface area (Å²) in [7, 11) is 0. The van der Waals surface area contributed by atoms with Crippen LogP contribution in [0.1, 0.15) is 72.1 Å². The van der Waals surface area contributed by atoms with Crippen LogP contribution in [-0.4, -0.2) is 28.0 Å². The fraction of sp³-hybridized carbons (Fsp3) is 0.905. The first-order valence-electron chi connectivity index (χ1n) is 10.1. The molecule has 0 aromatic rings. The fourth-order valence-electron chi connectivity index (χ4n) is 7.44. The van der Waals surface area contributed by atoms with E-state index < -0.39 is 11.6 Å². The van der Waals surface area contributed by atoms with Gasteiger partial charge >= 0.3 is 0 Å². The summed E-state index contributed by atoms with van der Waals surface area (Å²) in [6, 6.07) is 0. The van der Waals surface area contributed by atoms with Crippen molar-refractivity contribution in [3.05, 3.63) is 11.6 Å². The van der Waals surface area contributed by atoms with Crippen molar-refractivity contribution in [2.75, 3.05) is 0 Å². The minimum Gasteiger partial charge on any atom is -0.393 e. The van der Waals surface area contributed by atoms with Crippen molar-refractivity contribution in [1.29, 1.82) is 0 Å². The van der Waals surface area contributed by atoms with Crippen LogP contribution in [0.2, 0.25) is 0 Å². The van der Waals surface area contributed by atoms with Gasteiger partial charge in [-0.2, -0.15) is 0 Å². The Morgan fingerprint density at radius 2 is 1.83 bits per heavy atom. The molecule has 0 aliphatic heterocycles. The zero-order chi connectivity index (χ0) is 17.3. The minimum atomic E-state index is -0.431. The molecule has 3 heteroatoms. The Bertz CT molecular complexity index is 558. The third kappa shape index (κ3) is 2.01. The lowest BCUT2D eigenvalue weighted by molar-refractivity contribution is -0.0778. The number of rotatable bonds is 1. The Morgan fingerprint density at radius 3 is 2.54 bits per heavy atom. The van der Waals surface area contributed by atoms with Crippen LogP contribution in [0, 0.1) is 28.6 Å². The first kappa shape index (κ1) is 17.1. The van der Waals surface area contributed by atoms with E-state index in [1.807, 2.05) is 6.92 Å². The molecule has 4 N–H and O–H groups in total. The summed E-state index contributed by atoms with van der Waals surface area (Å²) in [6.45, 7) is 6.71. The highest BCUT2D eigenvalue weighted by atomic mass is 16.3. The average molecular weight is 334 g/mol. The Labute approximate surface area is 146 Å². The molecule has 0 heterocycles. The van der Waals surface area contributed by atoms with E-state index in [9.17, 15) is 10.2 Å². The standard InChI is InChI=1S/C21H35NO2/c1-13(23)21(22)11-8-18-16-5-4-14-12-15(24)6-9-19(14,2)17(16)7-10-20(18,21)3/h4,13,15-18,23-24H,5-12,22H2,1-3H3/t13-,15-,16-,17+,18+,19-,20+,21+/m0/s1. The van der Waals surface area contributed by atoms with Crippen LogP contribution >= 0.6 is 0 Å². The van der Waals surface area contributed by atoms with Gasteiger partial charge in [-0.15, -0.1) is 0 Å². The molecule has 0 bridgehead atoms. The quantitative estimate of drug-likeness (QED) is 0.644. The molecule has 0 saturated heterocycles. The van der Waals surface area contributed by atoms with Crippen LogP contribution in [0.5, 0.6) is 0 Å². The van der Waals surface area contributed by atoms with Crippen LogP contribution in [0.15, 0.2) is 11.6 Å². The lowest BCUT2D eigenvalue weighted by Gasteiger charge is -2.59. The van der Waals surface area contributed by atoms with Gasteiger partial charge in [0, 0.05) is 5.54 Å². The third-order valence-corrected chi connectivity index (χ3v) is 9.15. The molecule has 4 aliphatic rings. The summed E-state index contributed by atoms with van der Waals surface area (Å²) in [5.74, 6) is 2.08. The summed E-state index contributed by atoms with van der Waals surface area (Å²) in [6.07, 6.45) is 10.5. The van der Waals surface area contributed by atoms with E-state index in [0.29, 0.717) is 11.8 Å². The smallest absolute Gasteiger partial charge is 0.0697 e. The second-order valence-corrected chi connectivity index (χ2v) is 9.87. The molecule has 0 amide bonds. The Morgan fingerprint density at radius 1 is 1.12 bits per heavy atom. The lowest BCUT2D eigenvalue weighted by atomic mass is 9.46. The molecule has 0 unspecified atom stereocenters. The van der Waals surface area contributed by atoms with Crippen molar-refractivity contribution in [2.45, 2.75) is 89.9 Å². The Hall–Kier alpha value is -0.380. The number of hydrogen-bond acceptors (Lipinski definition) is 3. The van der Waals surface area contributed by atoms with E-state index in [1.54, 1.807) is 0 Å². The largest absolute Gasteiger partial charge is 0.393 e. The highest BCUT2D eigenvalue weighted by Crippen LogP contribution is 2.67. The van der Waals surface area contributed by atoms with Gasteiger partial charge in [-0.3, -0.25) is 0 Å². The second-order valence-electron chi connectivity index (χ2n) is 9.87. The van der Waals surface area contributed by atoms with Crippen molar-refractivity contribution in [1.82, 2.24) is 0 Å². The minimum absolute atomic E-state index is 0.0677. The van der Waals surface area contributed by atoms with Crippen LogP contribution in [0.25, 0.3) is 0 Å². The summed E-state index contributed by atoms with van der Waals surface area (Å²) >= 11 is 0. The van der Waals surface area contributed by atoms with Gasteiger partial charge in [-0.1, -0.05) is 25.5 Å². The molecule has 3 saturated carbocycles. The van der Waals surface area contributed by atoms with Gasteiger partial charge in [0.1, 0.15) is 0 Å². The molecule has 8 atom stereocenters. The maximum Gasteiger partial charge on any atom is 0.0697 e. The molecule has 0 radical (unpaired) electrons. The van der Waals surface area contributed by atoms with Gasteiger partial charge in [-0.25, -0.2) is 0 Å². The van der Waals surface area contributed by atoms with Gasteiger partial charge in [0.05, 0.1) is 12.2 Å². The molecule has 3 fully saturated rings. The fourth-order valence-corrected chi connectivity index (χ4v) is 7.44. The molecule has 0 aromatic heterocycles. The van der Waals surface area contributed by atoms with E-state index >= 15 is 0 Å². The van der Waals surface area contributed by atoms with Gasteiger partial charge in [0.2, 0.25) is 0 Å². The van der Waals surface area contributed by atoms with Crippen molar-refractivity contribution in [3.8, 4) is 0 Å². The van der Waals surface area contributed by atoms with E-state index in [-0.39, 0.29) is 16.9 Å². The summed E-state index contributed by atoms with van der Waals surface area (Å²) in [4.78, 5) is 0. The van der Waals surface area contributed by atoms with Gasteiger partial charge in [0.25, 0.3) is 0 Å². The number of aliphatic hydroxyl groups is 2. The predicted octanol–water partition coefficient (Wildman–Crippen LogP) is 3.39. The lowest BCUT2D eigenvalue weighted by Crippen LogP contribution is -2.62. The second kappa shape index (κ2) is 5.31. The normalized spacial score (nSPS) is 55.2. The molecule has 0 spiro atoms. The Balaban J connectivity index is 1.68. The number of nitrogens with two attached hydrogens (primary N) is 1. The number of hydrogen-bond donors (Lipinski definition) is 3. The summed E-state index contributed by atoms with van der Waals surface area (Å²) < 4.78 is 0. The number of fused-ring (bicyclic) bond motifs is 5. The molecule has 4 rings (SSSR count). The van der Waals surface area contributed by atoms with Crippen LogP contribution in [0.4, 0.5) is 0 Å². The van der Waals surface area contributed by atoms with Gasteiger partial charge in [0.15, 0.2) is 0 Å². The van der Waals surface area contributed by atoms with E-state index in [1.165, 1.54) is 18.4 Å². The monoisotopic (exact) mass is 333 g/mol. The van der Waals surface area contributed by atoms with Crippen LogP contribution in [0.3, 0.4) is 0 Å². The molecular formula is C21H35NO2. The molecule has 4 aliphatic carbocycles. The van der Waals surface area contributed by atoms with Crippen molar-refractivity contribution < 1.29 is 10.2 Å². The molecule has 136 valence electrons. The maximum absolute atomic E-state index is 10.4. The summed E-state index contributed by atoms with van der Waals surface area (Å²) in [5, 5.41) is 20.5.